The van der Waals surface area contributed by atoms with Crippen LogP contribution in [0.3, 0.4) is 0 Å². The number of aromatic nitrogens is 1. The van der Waals surface area contributed by atoms with Crippen LogP contribution in [0, 0.1) is 0 Å². The van der Waals surface area contributed by atoms with Gasteiger partial charge in [-0.3, -0.25) is 4.98 Å². The number of rotatable bonds is 7. The molecule has 2 atom stereocenters. The van der Waals surface area contributed by atoms with E-state index in [4.69, 9.17) is 4.74 Å². The first-order chi connectivity index (χ1) is 9.35. The summed E-state index contributed by atoms with van der Waals surface area (Å²) < 4.78 is 5.73. The maximum atomic E-state index is 5.73. The Balaban J connectivity index is 2.01. The lowest BCUT2D eigenvalue weighted by molar-refractivity contribution is 0.0995. The van der Waals surface area contributed by atoms with E-state index < -0.39 is 0 Å². The molecular weight excluding hydrogens is 236 g/mol. The number of nitrogens with one attached hydrogen (secondary N) is 1. The van der Waals surface area contributed by atoms with E-state index in [1.807, 2.05) is 12.3 Å². The fraction of sp³-hybridized carbons (Fsp3) is 0.688. The van der Waals surface area contributed by atoms with Gasteiger partial charge in [0, 0.05) is 18.8 Å². The fourth-order valence-corrected chi connectivity index (χ4v) is 2.87. The molecule has 0 spiro atoms. The Bertz CT molecular complexity index is 375. The Morgan fingerprint density at radius 2 is 2.37 bits per heavy atom. The molecule has 1 fully saturated rings. The van der Waals surface area contributed by atoms with Crippen molar-refractivity contribution in [2.45, 2.75) is 58.1 Å². The first-order valence-electron chi connectivity index (χ1n) is 7.63. The van der Waals surface area contributed by atoms with Gasteiger partial charge >= 0.3 is 0 Å². The van der Waals surface area contributed by atoms with Crippen LogP contribution in [0.25, 0.3) is 0 Å². The van der Waals surface area contributed by atoms with Gasteiger partial charge < -0.3 is 10.1 Å². The standard InChI is InChI=1S/C16H26N2O/c1-3-13-7-5-11-18-16(13)15(17-4-2)10-9-14-8-6-12-19-14/h5,7,11,14-15,17H,3-4,6,8-10,12H2,1-2H3. The van der Waals surface area contributed by atoms with Crippen molar-refractivity contribution in [3.05, 3.63) is 29.6 Å². The second-order valence-corrected chi connectivity index (χ2v) is 5.22. The summed E-state index contributed by atoms with van der Waals surface area (Å²) in [5.74, 6) is 0. The quantitative estimate of drug-likeness (QED) is 0.819. The van der Waals surface area contributed by atoms with Crippen molar-refractivity contribution in [1.82, 2.24) is 10.3 Å². The predicted molar refractivity (Wildman–Crippen MR) is 78.2 cm³/mol. The monoisotopic (exact) mass is 262 g/mol. The molecule has 106 valence electrons. The van der Waals surface area contributed by atoms with Crippen molar-refractivity contribution >= 4 is 0 Å². The average Bonchev–Trinajstić information content (AvgIpc) is 2.96. The third-order valence-electron chi connectivity index (χ3n) is 3.89. The van der Waals surface area contributed by atoms with Crippen LogP contribution in [-0.2, 0) is 11.2 Å². The maximum Gasteiger partial charge on any atom is 0.0604 e. The van der Waals surface area contributed by atoms with Gasteiger partial charge in [0.25, 0.3) is 0 Å². The zero-order chi connectivity index (χ0) is 13.5. The van der Waals surface area contributed by atoms with E-state index in [1.54, 1.807) is 0 Å². The molecule has 3 nitrogen and oxygen atoms in total. The van der Waals surface area contributed by atoms with Gasteiger partial charge in [-0.25, -0.2) is 0 Å². The van der Waals surface area contributed by atoms with Crippen LogP contribution in [0.5, 0.6) is 0 Å². The highest BCUT2D eigenvalue weighted by molar-refractivity contribution is 5.22. The van der Waals surface area contributed by atoms with Crippen LogP contribution in [0.2, 0.25) is 0 Å². The van der Waals surface area contributed by atoms with Gasteiger partial charge in [-0.05, 0) is 50.3 Å². The minimum Gasteiger partial charge on any atom is -0.378 e. The van der Waals surface area contributed by atoms with E-state index in [1.165, 1.54) is 24.1 Å². The Hall–Kier alpha value is -0.930. The van der Waals surface area contributed by atoms with E-state index in [0.717, 1.165) is 32.4 Å². The van der Waals surface area contributed by atoms with Crippen molar-refractivity contribution in [3.8, 4) is 0 Å². The van der Waals surface area contributed by atoms with Crippen LogP contribution in [0.4, 0.5) is 0 Å². The summed E-state index contributed by atoms with van der Waals surface area (Å²) in [5, 5.41) is 3.58. The van der Waals surface area contributed by atoms with Gasteiger partial charge in [0.05, 0.1) is 11.8 Å². The molecule has 0 bridgehead atoms. The molecule has 1 aromatic heterocycles. The largest absolute Gasteiger partial charge is 0.378 e. The van der Waals surface area contributed by atoms with Crippen LogP contribution in [0.1, 0.15) is 56.8 Å². The summed E-state index contributed by atoms with van der Waals surface area (Å²) in [6, 6.07) is 4.59. The van der Waals surface area contributed by atoms with E-state index in [2.05, 4.69) is 30.2 Å². The van der Waals surface area contributed by atoms with Crippen molar-refractivity contribution < 1.29 is 4.74 Å². The summed E-state index contributed by atoms with van der Waals surface area (Å²) in [5.41, 5.74) is 2.59. The molecular formula is C16H26N2O. The number of hydrogen-bond donors (Lipinski definition) is 1. The minimum atomic E-state index is 0.366. The Morgan fingerprint density at radius 3 is 3.05 bits per heavy atom. The topological polar surface area (TPSA) is 34.1 Å². The highest BCUT2D eigenvalue weighted by Gasteiger charge is 2.20. The maximum absolute atomic E-state index is 5.73. The molecule has 1 saturated heterocycles. The summed E-state index contributed by atoms with van der Waals surface area (Å²) in [6.07, 6.45) is 8.12. The molecule has 0 aromatic carbocycles. The lowest BCUT2D eigenvalue weighted by Crippen LogP contribution is -2.24. The zero-order valence-corrected chi connectivity index (χ0v) is 12.2. The normalized spacial score (nSPS) is 20.6. The second-order valence-electron chi connectivity index (χ2n) is 5.22. The minimum absolute atomic E-state index is 0.366. The van der Waals surface area contributed by atoms with Crippen molar-refractivity contribution in [2.24, 2.45) is 0 Å². The van der Waals surface area contributed by atoms with Gasteiger partial charge in [-0.2, -0.15) is 0 Å². The molecule has 2 rings (SSSR count). The second kappa shape index (κ2) is 7.61. The summed E-state index contributed by atoms with van der Waals surface area (Å²) in [7, 11) is 0. The van der Waals surface area contributed by atoms with E-state index in [-0.39, 0.29) is 0 Å². The molecule has 1 N–H and O–H groups in total. The third-order valence-corrected chi connectivity index (χ3v) is 3.89. The number of pyridine rings is 1. The predicted octanol–water partition coefficient (Wildman–Crippen LogP) is 3.25. The first-order valence-corrected chi connectivity index (χ1v) is 7.63. The third kappa shape index (κ3) is 4.02. The first kappa shape index (κ1) is 14.5. The van der Waals surface area contributed by atoms with Crippen LogP contribution in [0.15, 0.2) is 18.3 Å². The number of hydrogen-bond acceptors (Lipinski definition) is 3. The summed E-state index contributed by atoms with van der Waals surface area (Å²) >= 11 is 0. The van der Waals surface area contributed by atoms with Gasteiger partial charge in [-0.15, -0.1) is 0 Å². The van der Waals surface area contributed by atoms with Gasteiger partial charge in [0.1, 0.15) is 0 Å². The van der Waals surface area contributed by atoms with Crippen LogP contribution >= 0.6 is 0 Å². The SMILES string of the molecule is CCNC(CCC1CCCO1)c1ncccc1CC. The molecule has 0 amide bonds. The van der Waals surface area contributed by atoms with Gasteiger partial charge in [0.15, 0.2) is 0 Å². The van der Waals surface area contributed by atoms with Crippen molar-refractivity contribution in [2.75, 3.05) is 13.2 Å². The Labute approximate surface area is 116 Å². The molecule has 0 radical (unpaired) electrons. The molecule has 2 unspecified atom stereocenters. The number of nitrogens with zero attached hydrogens (tertiary/aromatic N) is 1. The highest BCUT2D eigenvalue weighted by atomic mass is 16.5. The van der Waals surface area contributed by atoms with E-state index in [0.29, 0.717) is 12.1 Å². The smallest absolute Gasteiger partial charge is 0.0604 e. The fourth-order valence-electron chi connectivity index (χ4n) is 2.87. The Kier molecular flexibility index (Phi) is 5.80. The summed E-state index contributed by atoms with van der Waals surface area (Å²) in [6.45, 7) is 6.29. The van der Waals surface area contributed by atoms with Gasteiger partial charge in [-0.1, -0.05) is 19.9 Å². The lowest BCUT2D eigenvalue weighted by Gasteiger charge is -2.21. The van der Waals surface area contributed by atoms with Crippen LogP contribution < -0.4 is 5.32 Å². The van der Waals surface area contributed by atoms with E-state index >= 15 is 0 Å². The number of aryl methyl sites for hydroxylation is 1. The van der Waals surface area contributed by atoms with Crippen molar-refractivity contribution in [1.29, 1.82) is 0 Å². The molecule has 0 saturated carbocycles. The summed E-state index contributed by atoms with van der Waals surface area (Å²) in [4.78, 5) is 4.61. The molecule has 1 aromatic rings. The van der Waals surface area contributed by atoms with E-state index in [9.17, 15) is 0 Å². The molecule has 2 heterocycles. The molecule has 3 heteroatoms. The highest BCUT2D eigenvalue weighted by Crippen LogP contribution is 2.25. The van der Waals surface area contributed by atoms with Crippen LogP contribution in [-0.4, -0.2) is 24.2 Å². The van der Waals surface area contributed by atoms with Crippen molar-refractivity contribution in [3.63, 3.8) is 0 Å². The molecule has 1 aliphatic rings. The average molecular weight is 262 g/mol. The molecule has 0 aliphatic carbocycles. The van der Waals surface area contributed by atoms with Gasteiger partial charge in [0.2, 0.25) is 0 Å². The Morgan fingerprint density at radius 1 is 1.47 bits per heavy atom. The lowest BCUT2D eigenvalue weighted by atomic mass is 9.98. The molecule has 1 aliphatic heterocycles. The number of ether oxygens (including phenoxy) is 1. The molecule has 19 heavy (non-hydrogen) atoms. The zero-order valence-electron chi connectivity index (χ0n) is 12.2.